The minimum absolute atomic E-state index is 0.0729. The zero-order valence-electron chi connectivity index (χ0n) is 16.3. The van der Waals surface area contributed by atoms with Crippen molar-refractivity contribution >= 4 is 5.91 Å². The van der Waals surface area contributed by atoms with E-state index >= 15 is 0 Å². The first-order valence-corrected chi connectivity index (χ1v) is 10.1. The van der Waals surface area contributed by atoms with Crippen molar-refractivity contribution in [3.63, 3.8) is 0 Å². The SMILES string of the molecule is COc1ccc(C(=O)NC2CCCC[C@H]2CN2CCC(C(F)(F)F)CC2)cc1. The summed E-state index contributed by atoms with van der Waals surface area (Å²) in [6.07, 6.45) is 0.390. The average Bonchev–Trinajstić information content (AvgIpc) is 2.69. The summed E-state index contributed by atoms with van der Waals surface area (Å²) in [7, 11) is 1.58. The van der Waals surface area contributed by atoms with Crippen LogP contribution in [0.25, 0.3) is 0 Å². The Balaban J connectivity index is 1.54. The maximum Gasteiger partial charge on any atom is 0.391 e. The van der Waals surface area contributed by atoms with Crippen molar-refractivity contribution in [1.82, 2.24) is 10.2 Å². The Morgan fingerprint density at radius 1 is 1.11 bits per heavy atom. The molecule has 2 fully saturated rings. The quantitative estimate of drug-likeness (QED) is 0.806. The van der Waals surface area contributed by atoms with E-state index in [4.69, 9.17) is 4.74 Å². The van der Waals surface area contributed by atoms with E-state index in [0.29, 0.717) is 30.3 Å². The van der Waals surface area contributed by atoms with E-state index in [2.05, 4.69) is 10.2 Å². The highest BCUT2D eigenvalue weighted by Crippen LogP contribution is 2.35. The first-order chi connectivity index (χ1) is 13.4. The molecule has 1 unspecified atom stereocenters. The molecule has 1 saturated heterocycles. The number of nitrogens with zero attached hydrogens (tertiary/aromatic N) is 1. The molecule has 4 nitrogen and oxygen atoms in total. The molecule has 1 aliphatic carbocycles. The van der Waals surface area contributed by atoms with Gasteiger partial charge < -0.3 is 15.0 Å². The van der Waals surface area contributed by atoms with Crippen molar-refractivity contribution in [2.24, 2.45) is 11.8 Å². The van der Waals surface area contributed by atoms with Crippen LogP contribution in [0.5, 0.6) is 5.75 Å². The molecule has 1 aromatic rings. The Hall–Kier alpha value is -1.76. The molecule has 1 N–H and O–H groups in total. The molecule has 1 saturated carbocycles. The number of nitrogens with one attached hydrogen (secondary N) is 1. The molecule has 1 amide bonds. The number of piperidine rings is 1. The highest BCUT2D eigenvalue weighted by Gasteiger charge is 2.41. The molecule has 2 atom stereocenters. The van der Waals surface area contributed by atoms with Gasteiger partial charge in [0, 0.05) is 18.2 Å². The smallest absolute Gasteiger partial charge is 0.391 e. The first kappa shape index (κ1) is 21.0. The molecule has 28 heavy (non-hydrogen) atoms. The van der Waals surface area contributed by atoms with Crippen molar-refractivity contribution in [2.45, 2.75) is 50.7 Å². The number of amides is 1. The third-order valence-electron chi connectivity index (χ3n) is 6.12. The molecule has 0 spiro atoms. The molecule has 1 heterocycles. The number of likely N-dealkylation sites (tertiary alicyclic amines) is 1. The summed E-state index contributed by atoms with van der Waals surface area (Å²) in [5.41, 5.74) is 0.594. The van der Waals surface area contributed by atoms with Gasteiger partial charge in [-0.2, -0.15) is 13.2 Å². The number of methoxy groups -OCH3 is 1. The van der Waals surface area contributed by atoms with E-state index in [-0.39, 0.29) is 24.8 Å². The van der Waals surface area contributed by atoms with Crippen molar-refractivity contribution in [3.05, 3.63) is 29.8 Å². The number of carbonyl (C=O) groups is 1. The second-order valence-electron chi connectivity index (χ2n) is 7.97. The van der Waals surface area contributed by atoms with Crippen LogP contribution in [0.2, 0.25) is 0 Å². The summed E-state index contributed by atoms with van der Waals surface area (Å²) in [5.74, 6) is -0.274. The molecule has 3 rings (SSSR count). The van der Waals surface area contributed by atoms with Crippen LogP contribution in [-0.4, -0.2) is 49.8 Å². The van der Waals surface area contributed by atoms with Crippen molar-refractivity contribution in [1.29, 1.82) is 0 Å². The van der Waals surface area contributed by atoms with Gasteiger partial charge in [-0.1, -0.05) is 12.8 Å². The number of hydrogen-bond acceptors (Lipinski definition) is 3. The number of benzene rings is 1. The third-order valence-corrected chi connectivity index (χ3v) is 6.12. The Morgan fingerprint density at radius 3 is 2.36 bits per heavy atom. The number of carbonyl (C=O) groups excluding carboxylic acids is 1. The van der Waals surface area contributed by atoms with E-state index in [1.54, 1.807) is 31.4 Å². The lowest BCUT2D eigenvalue weighted by molar-refractivity contribution is -0.185. The third kappa shape index (κ3) is 5.40. The summed E-state index contributed by atoms with van der Waals surface area (Å²) in [5, 5.41) is 3.16. The maximum absolute atomic E-state index is 12.9. The Kier molecular flexibility index (Phi) is 6.86. The standard InChI is InChI=1S/C21H29F3N2O2/c1-28-18-8-6-15(7-9-18)20(27)25-19-5-3-2-4-16(19)14-26-12-10-17(11-13-26)21(22,23)24/h6-9,16-17,19H,2-5,10-14H2,1H3,(H,25,27)/t16-,19?/m0/s1. The van der Waals surface area contributed by atoms with E-state index in [1.807, 2.05) is 0 Å². The molecule has 0 radical (unpaired) electrons. The largest absolute Gasteiger partial charge is 0.497 e. The first-order valence-electron chi connectivity index (χ1n) is 10.1. The van der Waals surface area contributed by atoms with E-state index in [9.17, 15) is 18.0 Å². The van der Waals surface area contributed by atoms with Gasteiger partial charge in [-0.05, 0) is 69.0 Å². The fourth-order valence-electron chi connectivity index (χ4n) is 4.38. The minimum Gasteiger partial charge on any atom is -0.497 e. The Labute approximate surface area is 164 Å². The van der Waals surface area contributed by atoms with Crippen LogP contribution in [-0.2, 0) is 0 Å². The lowest BCUT2D eigenvalue weighted by Gasteiger charge is -2.39. The highest BCUT2D eigenvalue weighted by molar-refractivity contribution is 5.94. The highest BCUT2D eigenvalue weighted by atomic mass is 19.4. The van der Waals surface area contributed by atoms with E-state index in [0.717, 1.165) is 32.2 Å². The molecule has 1 aliphatic heterocycles. The molecule has 156 valence electrons. The second-order valence-corrected chi connectivity index (χ2v) is 7.97. The van der Waals surface area contributed by atoms with Gasteiger partial charge >= 0.3 is 6.18 Å². The van der Waals surface area contributed by atoms with Crippen molar-refractivity contribution in [2.75, 3.05) is 26.7 Å². The van der Waals surface area contributed by atoms with Gasteiger partial charge in [0.1, 0.15) is 5.75 Å². The van der Waals surface area contributed by atoms with Crippen molar-refractivity contribution in [3.8, 4) is 5.75 Å². The molecule has 0 aromatic heterocycles. The van der Waals surface area contributed by atoms with E-state index in [1.165, 1.54) is 0 Å². The average molecular weight is 398 g/mol. The summed E-state index contributed by atoms with van der Waals surface area (Å²) >= 11 is 0. The van der Waals surface area contributed by atoms with Crippen LogP contribution in [0.3, 0.4) is 0 Å². The van der Waals surface area contributed by atoms with Crippen molar-refractivity contribution < 1.29 is 22.7 Å². The van der Waals surface area contributed by atoms with Crippen LogP contribution < -0.4 is 10.1 Å². The van der Waals surface area contributed by atoms with Gasteiger partial charge in [0.25, 0.3) is 5.91 Å². The molecular formula is C21H29F3N2O2. The summed E-state index contributed by atoms with van der Waals surface area (Å²) in [6, 6.07) is 7.08. The van der Waals surface area contributed by atoms with Gasteiger partial charge in [-0.25, -0.2) is 0 Å². The topological polar surface area (TPSA) is 41.6 Å². The Morgan fingerprint density at radius 2 is 1.75 bits per heavy atom. The predicted molar refractivity (Wildman–Crippen MR) is 101 cm³/mol. The molecular weight excluding hydrogens is 369 g/mol. The molecule has 7 heteroatoms. The van der Waals surface area contributed by atoms with Gasteiger partial charge in [0.2, 0.25) is 0 Å². The fourth-order valence-corrected chi connectivity index (χ4v) is 4.38. The van der Waals surface area contributed by atoms with Crippen LogP contribution in [0.4, 0.5) is 13.2 Å². The van der Waals surface area contributed by atoms with Crippen LogP contribution in [0.15, 0.2) is 24.3 Å². The Bertz CT molecular complexity index is 640. The zero-order chi connectivity index (χ0) is 20.1. The molecule has 2 aliphatic rings. The van der Waals surface area contributed by atoms with Crippen LogP contribution in [0, 0.1) is 11.8 Å². The van der Waals surface area contributed by atoms with Gasteiger partial charge in [-0.3, -0.25) is 4.79 Å². The van der Waals surface area contributed by atoms with Gasteiger partial charge in [-0.15, -0.1) is 0 Å². The van der Waals surface area contributed by atoms with E-state index < -0.39 is 12.1 Å². The minimum atomic E-state index is -4.08. The summed E-state index contributed by atoms with van der Waals surface area (Å²) in [4.78, 5) is 14.8. The van der Waals surface area contributed by atoms with Gasteiger partial charge in [0.15, 0.2) is 0 Å². The maximum atomic E-state index is 12.9. The normalized spacial score (nSPS) is 24.7. The predicted octanol–water partition coefficient (Wildman–Crippen LogP) is 4.26. The summed E-state index contributed by atoms with van der Waals surface area (Å²) < 4.78 is 43.7. The molecule has 0 bridgehead atoms. The number of hydrogen-bond donors (Lipinski definition) is 1. The molecule has 1 aromatic carbocycles. The monoisotopic (exact) mass is 398 g/mol. The summed E-state index contributed by atoms with van der Waals surface area (Å²) in [6.45, 7) is 1.73. The number of halogens is 3. The van der Waals surface area contributed by atoms with Crippen LogP contribution >= 0.6 is 0 Å². The lowest BCUT2D eigenvalue weighted by Crippen LogP contribution is -2.48. The second kappa shape index (κ2) is 9.16. The fraction of sp³-hybridized carbons (Fsp3) is 0.667. The zero-order valence-corrected chi connectivity index (χ0v) is 16.3. The van der Waals surface area contributed by atoms with Gasteiger partial charge in [0.05, 0.1) is 13.0 Å². The van der Waals surface area contributed by atoms with Crippen LogP contribution in [0.1, 0.15) is 48.9 Å². The lowest BCUT2D eigenvalue weighted by atomic mass is 9.83. The number of ether oxygens (including phenoxy) is 1. The number of alkyl halides is 3. The number of rotatable bonds is 5.